The minimum absolute atomic E-state index is 0. The van der Waals surface area contributed by atoms with Crippen LogP contribution in [0.25, 0.3) is 0 Å². The molecule has 1 aromatic carbocycles. The molecular formula is C15H25ClN2O2. The number of hydrogen-bond donors (Lipinski definition) is 1. The van der Waals surface area contributed by atoms with E-state index in [1.54, 1.807) is 7.11 Å². The summed E-state index contributed by atoms with van der Waals surface area (Å²) in [5, 5.41) is 0. The van der Waals surface area contributed by atoms with Crippen molar-refractivity contribution in [3.63, 3.8) is 0 Å². The first-order valence-electron chi connectivity index (χ1n) is 6.70. The van der Waals surface area contributed by atoms with Crippen LogP contribution in [0, 0.1) is 5.92 Å². The third-order valence-electron chi connectivity index (χ3n) is 3.17. The zero-order chi connectivity index (χ0) is 14.1. The molecule has 0 aliphatic carbocycles. The van der Waals surface area contributed by atoms with Crippen molar-refractivity contribution in [2.45, 2.75) is 13.3 Å². The molecule has 1 rings (SSSR count). The molecule has 0 aliphatic heterocycles. The van der Waals surface area contributed by atoms with Gasteiger partial charge in [0.15, 0.2) is 0 Å². The summed E-state index contributed by atoms with van der Waals surface area (Å²) in [5.74, 6) is -0.0249. The number of nitrogens with two attached hydrogens (primary N) is 1. The fraction of sp³-hybridized carbons (Fsp3) is 0.533. The van der Waals surface area contributed by atoms with Gasteiger partial charge in [-0.3, -0.25) is 4.79 Å². The van der Waals surface area contributed by atoms with Crippen molar-refractivity contribution in [2.75, 3.05) is 33.4 Å². The Morgan fingerprint density at radius 3 is 2.50 bits per heavy atom. The lowest BCUT2D eigenvalue weighted by Gasteiger charge is -2.25. The second-order valence-electron chi connectivity index (χ2n) is 4.69. The van der Waals surface area contributed by atoms with Crippen molar-refractivity contribution in [2.24, 2.45) is 11.7 Å². The molecule has 0 spiro atoms. The molecule has 0 aromatic heterocycles. The van der Waals surface area contributed by atoms with E-state index >= 15 is 0 Å². The number of ether oxygens (including phenoxy) is 1. The minimum atomic E-state index is -0.132. The van der Waals surface area contributed by atoms with Crippen molar-refractivity contribution in [1.29, 1.82) is 0 Å². The third-order valence-corrected chi connectivity index (χ3v) is 3.17. The van der Waals surface area contributed by atoms with Crippen LogP contribution in [0.1, 0.15) is 12.5 Å². The average Bonchev–Trinajstić information content (AvgIpc) is 2.47. The highest BCUT2D eigenvalue weighted by Gasteiger charge is 2.18. The van der Waals surface area contributed by atoms with E-state index in [2.05, 4.69) is 12.1 Å². The molecule has 0 aliphatic rings. The van der Waals surface area contributed by atoms with Gasteiger partial charge in [-0.2, -0.15) is 0 Å². The zero-order valence-corrected chi connectivity index (χ0v) is 13.1. The highest BCUT2D eigenvalue weighted by molar-refractivity contribution is 5.85. The fourth-order valence-electron chi connectivity index (χ4n) is 1.85. The predicted molar refractivity (Wildman–Crippen MR) is 84.1 cm³/mol. The van der Waals surface area contributed by atoms with Crippen molar-refractivity contribution in [1.82, 2.24) is 4.90 Å². The van der Waals surface area contributed by atoms with Crippen molar-refractivity contribution < 1.29 is 9.53 Å². The van der Waals surface area contributed by atoms with E-state index in [1.807, 2.05) is 30.0 Å². The van der Waals surface area contributed by atoms with Crippen molar-refractivity contribution >= 4 is 18.3 Å². The van der Waals surface area contributed by atoms with E-state index in [0.29, 0.717) is 26.2 Å². The largest absolute Gasteiger partial charge is 0.383 e. The van der Waals surface area contributed by atoms with Gasteiger partial charge in [0, 0.05) is 32.7 Å². The molecule has 1 aromatic rings. The number of hydrogen-bond acceptors (Lipinski definition) is 3. The molecule has 1 atom stereocenters. The second-order valence-corrected chi connectivity index (χ2v) is 4.69. The molecule has 0 radical (unpaired) electrons. The lowest BCUT2D eigenvalue weighted by atomic mass is 10.1. The Bertz CT molecular complexity index is 373. The maximum atomic E-state index is 12.2. The standard InChI is InChI=1S/C15H24N2O2.ClH/c1-13(12-16)15(18)17(10-11-19-2)9-8-14-6-4-3-5-7-14;/h3-7,13H,8-12,16H2,1-2H3;1H. The monoisotopic (exact) mass is 300 g/mol. The van der Waals surface area contributed by atoms with E-state index in [9.17, 15) is 4.79 Å². The molecule has 0 heterocycles. The van der Waals surface area contributed by atoms with E-state index in [4.69, 9.17) is 10.5 Å². The first-order chi connectivity index (χ1) is 9.19. The van der Waals surface area contributed by atoms with Gasteiger partial charge >= 0.3 is 0 Å². The van der Waals surface area contributed by atoms with Gasteiger partial charge in [-0.1, -0.05) is 37.3 Å². The topological polar surface area (TPSA) is 55.6 Å². The molecule has 114 valence electrons. The summed E-state index contributed by atoms with van der Waals surface area (Å²) in [6.07, 6.45) is 0.855. The van der Waals surface area contributed by atoms with Crippen LogP contribution in [0.2, 0.25) is 0 Å². The Labute approximate surface area is 127 Å². The number of benzene rings is 1. The zero-order valence-electron chi connectivity index (χ0n) is 12.2. The normalized spacial score (nSPS) is 11.6. The van der Waals surface area contributed by atoms with Crippen LogP contribution in [0.15, 0.2) is 30.3 Å². The fourth-order valence-corrected chi connectivity index (χ4v) is 1.85. The van der Waals surface area contributed by atoms with Gasteiger partial charge in [0.2, 0.25) is 5.91 Å². The van der Waals surface area contributed by atoms with Gasteiger partial charge in [0.25, 0.3) is 0 Å². The Kier molecular flexibility index (Phi) is 10.1. The molecule has 0 fully saturated rings. The van der Waals surface area contributed by atoms with Gasteiger partial charge in [-0.05, 0) is 12.0 Å². The molecule has 0 saturated heterocycles. The maximum Gasteiger partial charge on any atom is 0.226 e. The van der Waals surface area contributed by atoms with Crippen LogP contribution in [0.3, 0.4) is 0 Å². The van der Waals surface area contributed by atoms with Crippen LogP contribution in [-0.2, 0) is 16.0 Å². The summed E-state index contributed by atoms with van der Waals surface area (Å²) >= 11 is 0. The van der Waals surface area contributed by atoms with Crippen LogP contribution in [-0.4, -0.2) is 44.2 Å². The Morgan fingerprint density at radius 1 is 1.30 bits per heavy atom. The molecule has 1 unspecified atom stereocenters. The number of carbonyl (C=O) groups excluding carboxylic acids is 1. The first kappa shape index (κ1) is 18.9. The number of rotatable bonds is 8. The molecule has 0 saturated carbocycles. The summed E-state index contributed by atoms with van der Waals surface area (Å²) in [6.45, 7) is 4.12. The maximum absolute atomic E-state index is 12.2. The number of nitrogens with zero attached hydrogens (tertiary/aromatic N) is 1. The summed E-state index contributed by atoms with van der Waals surface area (Å²) < 4.78 is 5.06. The smallest absolute Gasteiger partial charge is 0.226 e. The van der Waals surface area contributed by atoms with Crippen molar-refractivity contribution in [3.8, 4) is 0 Å². The molecule has 2 N–H and O–H groups in total. The van der Waals surface area contributed by atoms with Crippen LogP contribution < -0.4 is 5.73 Å². The molecule has 20 heavy (non-hydrogen) atoms. The van der Waals surface area contributed by atoms with Gasteiger partial charge in [0.1, 0.15) is 0 Å². The van der Waals surface area contributed by atoms with Crippen LogP contribution >= 0.6 is 12.4 Å². The van der Waals surface area contributed by atoms with Gasteiger partial charge in [-0.25, -0.2) is 0 Å². The highest BCUT2D eigenvalue weighted by Crippen LogP contribution is 2.05. The lowest BCUT2D eigenvalue weighted by Crippen LogP contribution is -2.41. The van der Waals surface area contributed by atoms with Gasteiger partial charge < -0.3 is 15.4 Å². The highest BCUT2D eigenvalue weighted by atomic mass is 35.5. The van der Waals surface area contributed by atoms with E-state index in [0.717, 1.165) is 6.42 Å². The summed E-state index contributed by atoms with van der Waals surface area (Å²) in [5.41, 5.74) is 6.80. The van der Waals surface area contributed by atoms with E-state index in [1.165, 1.54) is 5.56 Å². The minimum Gasteiger partial charge on any atom is -0.383 e. The number of methoxy groups -OCH3 is 1. The lowest BCUT2D eigenvalue weighted by molar-refractivity contribution is -0.135. The number of carbonyl (C=O) groups is 1. The molecular weight excluding hydrogens is 276 g/mol. The van der Waals surface area contributed by atoms with Gasteiger partial charge in [-0.15, -0.1) is 12.4 Å². The molecule has 0 bridgehead atoms. The molecule has 1 amide bonds. The van der Waals surface area contributed by atoms with E-state index < -0.39 is 0 Å². The van der Waals surface area contributed by atoms with Crippen LogP contribution in [0.5, 0.6) is 0 Å². The quantitative estimate of drug-likeness (QED) is 0.795. The number of halogens is 1. The van der Waals surface area contributed by atoms with E-state index in [-0.39, 0.29) is 24.2 Å². The predicted octanol–water partition coefficient (Wildman–Crippen LogP) is 1.72. The second kappa shape index (κ2) is 10.7. The summed E-state index contributed by atoms with van der Waals surface area (Å²) in [4.78, 5) is 14.0. The van der Waals surface area contributed by atoms with Crippen LogP contribution in [0.4, 0.5) is 0 Å². The van der Waals surface area contributed by atoms with Gasteiger partial charge in [0.05, 0.1) is 6.61 Å². The molecule has 5 heteroatoms. The Hall–Kier alpha value is -1.10. The average molecular weight is 301 g/mol. The number of amides is 1. The Morgan fingerprint density at radius 2 is 1.95 bits per heavy atom. The third kappa shape index (κ3) is 6.37. The summed E-state index contributed by atoms with van der Waals surface area (Å²) in [6, 6.07) is 10.2. The Balaban J connectivity index is 0.00000361. The SMILES string of the molecule is COCCN(CCc1ccccc1)C(=O)C(C)CN.Cl. The molecule has 4 nitrogen and oxygen atoms in total. The first-order valence-corrected chi connectivity index (χ1v) is 6.70. The summed E-state index contributed by atoms with van der Waals surface area (Å²) in [7, 11) is 1.65. The van der Waals surface area contributed by atoms with Crippen molar-refractivity contribution in [3.05, 3.63) is 35.9 Å².